The van der Waals surface area contributed by atoms with Crippen LogP contribution in [-0.4, -0.2) is 52.2 Å². The van der Waals surface area contributed by atoms with E-state index in [1.54, 1.807) is 74.7 Å². The van der Waals surface area contributed by atoms with Crippen LogP contribution in [0.5, 0.6) is 11.5 Å². The molecule has 0 fully saturated rings. The molecule has 1 N–H and O–H groups in total. The van der Waals surface area contributed by atoms with Gasteiger partial charge in [0.25, 0.3) is 0 Å². The number of hydrogen-bond acceptors (Lipinski definition) is 6. The third kappa shape index (κ3) is 5.56. The zero-order chi connectivity index (χ0) is 28.2. The number of carbonyl (C=O) groups excluding carboxylic acids is 2. The van der Waals surface area contributed by atoms with Crippen molar-refractivity contribution in [2.24, 2.45) is 0 Å². The summed E-state index contributed by atoms with van der Waals surface area (Å²) >= 11 is 0. The molecule has 0 saturated heterocycles. The van der Waals surface area contributed by atoms with Gasteiger partial charge in [-0.05, 0) is 60.2 Å². The van der Waals surface area contributed by atoms with Crippen LogP contribution < -0.4 is 14.8 Å². The van der Waals surface area contributed by atoms with Crippen molar-refractivity contribution in [3.63, 3.8) is 0 Å². The summed E-state index contributed by atoms with van der Waals surface area (Å²) in [5.74, 6) is 0.825. The summed E-state index contributed by atoms with van der Waals surface area (Å²) in [5.41, 5.74) is 4.54. The molecule has 0 radical (unpaired) electrons. The van der Waals surface area contributed by atoms with E-state index in [0.717, 1.165) is 22.4 Å². The molecule has 1 aliphatic heterocycles. The number of nitrogens with one attached hydrogen (secondary N) is 1. The molecule has 4 aromatic rings. The number of fused-ring (bicyclic) bond motifs is 1. The van der Waals surface area contributed by atoms with Gasteiger partial charge in [0, 0.05) is 48.5 Å². The predicted octanol–water partition coefficient (Wildman–Crippen LogP) is 4.78. The second-order valence-electron chi connectivity index (χ2n) is 9.20. The van der Waals surface area contributed by atoms with Crippen LogP contribution in [0.4, 0.5) is 10.2 Å². The van der Waals surface area contributed by atoms with E-state index in [9.17, 15) is 14.0 Å². The number of carbonyl (C=O) groups is 2. The summed E-state index contributed by atoms with van der Waals surface area (Å²) in [6.07, 6.45) is 4.65. The minimum Gasteiger partial charge on any atom is -0.497 e. The van der Waals surface area contributed by atoms with Gasteiger partial charge < -0.3 is 19.7 Å². The van der Waals surface area contributed by atoms with Gasteiger partial charge in [0.1, 0.15) is 28.8 Å². The number of halogens is 1. The molecule has 5 rings (SSSR count). The Morgan fingerprint density at radius 2 is 1.80 bits per heavy atom. The standard InChI is InChI=1S/C30H28FN5O4/c1-19(37)35-14-15-36-25(18-35)29(30(34-36)21-4-8-23(31)9-5-21)22-12-13-32-27(16-22)33-28(38)11-7-20-6-10-24(39-2)17-26(20)40-3/h4-13,16-17H,14-15,18H2,1-3H3,(H,32,33,38)/b11-7+. The first-order valence-corrected chi connectivity index (χ1v) is 12.6. The third-order valence-corrected chi connectivity index (χ3v) is 6.70. The molecule has 0 atom stereocenters. The van der Waals surface area contributed by atoms with Crippen molar-refractivity contribution in [1.82, 2.24) is 19.7 Å². The fourth-order valence-corrected chi connectivity index (χ4v) is 4.64. The van der Waals surface area contributed by atoms with Gasteiger partial charge in [0.15, 0.2) is 0 Å². The third-order valence-electron chi connectivity index (χ3n) is 6.70. The number of amides is 2. The van der Waals surface area contributed by atoms with E-state index in [1.807, 2.05) is 10.7 Å². The number of pyridine rings is 1. The average molecular weight is 542 g/mol. The highest BCUT2D eigenvalue weighted by Crippen LogP contribution is 2.37. The molecule has 0 bridgehead atoms. The van der Waals surface area contributed by atoms with Crippen LogP contribution in [-0.2, 0) is 22.7 Å². The van der Waals surface area contributed by atoms with Crippen LogP contribution in [0.1, 0.15) is 18.2 Å². The van der Waals surface area contributed by atoms with Crippen LogP contribution in [0.3, 0.4) is 0 Å². The maximum Gasteiger partial charge on any atom is 0.249 e. The molecule has 2 amide bonds. The van der Waals surface area contributed by atoms with Crippen LogP contribution in [0.2, 0.25) is 0 Å². The van der Waals surface area contributed by atoms with Gasteiger partial charge in [-0.2, -0.15) is 5.10 Å². The van der Waals surface area contributed by atoms with Crippen LogP contribution in [0.15, 0.2) is 66.9 Å². The van der Waals surface area contributed by atoms with E-state index in [4.69, 9.17) is 14.6 Å². The number of methoxy groups -OCH3 is 2. The first kappa shape index (κ1) is 26.6. The summed E-state index contributed by atoms with van der Waals surface area (Å²) in [5, 5.41) is 7.62. The van der Waals surface area contributed by atoms with Gasteiger partial charge in [0.2, 0.25) is 11.8 Å². The van der Waals surface area contributed by atoms with Crippen LogP contribution >= 0.6 is 0 Å². The minimum absolute atomic E-state index is 0.0234. The van der Waals surface area contributed by atoms with Crippen LogP contribution in [0.25, 0.3) is 28.5 Å². The smallest absolute Gasteiger partial charge is 0.249 e. The van der Waals surface area contributed by atoms with Gasteiger partial charge in [-0.1, -0.05) is 0 Å². The molecule has 9 nitrogen and oxygen atoms in total. The SMILES string of the molecule is COc1ccc(/C=C/C(=O)Nc2cc(-c3c(-c4ccc(F)cc4)nn4c3CN(C(C)=O)CC4)ccn2)c(OC)c1. The van der Waals surface area contributed by atoms with Crippen molar-refractivity contribution in [2.75, 3.05) is 26.1 Å². The summed E-state index contributed by atoms with van der Waals surface area (Å²) < 4.78 is 26.2. The van der Waals surface area contributed by atoms with Gasteiger partial charge in [0.05, 0.1) is 33.0 Å². The molecule has 204 valence electrons. The first-order valence-electron chi connectivity index (χ1n) is 12.6. The van der Waals surface area contributed by atoms with E-state index in [-0.39, 0.29) is 17.6 Å². The van der Waals surface area contributed by atoms with Gasteiger partial charge in [-0.15, -0.1) is 0 Å². The highest BCUT2D eigenvalue weighted by molar-refractivity contribution is 6.02. The Balaban J connectivity index is 1.46. The van der Waals surface area contributed by atoms with Gasteiger partial charge in [-0.3, -0.25) is 14.3 Å². The number of benzene rings is 2. The molecule has 2 aromatic heterocycles. The van der Waals surface area contributed by atoms with Gasteiger partial charge >= 0.3 is 0 Å². The largest absolute Gasteiger partial charge is 0.497 e. The van der Waals surface area contributed by atoms with Crippen LogP contribution in [0, 0.1) is 5.82 Å². The zero-order valence-electron chi connectivity index (χ0n) is 22.3. The summed E-state index contributed by atoms with van der Waals surface area (Å²) in [4.78, 5) is 31.0. The molecular weight excluding hydrogens is 513 g/mol. The Labute approximate surface area is 230 Å². The molecule has 3 heterocycles. The van der Waals surface area contributed by atoms with Crippen molar-refractivity contribution in [2.45, 2.75) is 20.0 Å². The predicted molar refractivity (Wildman–Crippen MR) is 149 cm³/mol. The average Bonchev–Trinajstić information content (AvgIpc) is 3.35. The second-order valence-corrected chi connectivity index (χ2v) is 9.20. The quantitative estimate of drug-likeness (QED) is 0.338. The number of rotatable bonds is 7. The fraction of sp³-hybridized carbons (Fsp3) is 0.200. The molecule has 0 aliphatic carbocycles. The lowest BCUT2D eigenvalue weighted by Gasteiger charge is -2.27. The topological polar surface area (TPSA) is 98.6 Å². The second kappa shape index (κ2) is 11.4. The molecule has 0 spiro atoms. The zero-order valence-corrected chi connectivity index (χ0v) is 22.3. The number of hydrogen-bond donors (Lipinski definition) is 1. The number of ether oxygens (including phenoxy) is 2. The lowest BCUT2D eigenvalue weighted by atomic mass is 9.98. The Bertz CT molecular complexity index is 1600. The highest BCUT2D eigenvalue weighted by atomic mass is 19.1. The lowest BCUT2D eigenvalue weighted by molar-refractivity contribution is -0.130. The van der Waals surface area contributed by atoms with E-state index >= 15 is 0 Å². The van der Waals surface area contributed by atoms with Gasteiger partial charge in [-0.25, -0.2) is 9.37 Å². The van der Waals surface area contributed by atoms with Crippen molar-refractivity contribution < 1.29 is 23.5 Å². The maximum atomic E-state index is 13.7. The Hall–Kier alpha value is -4.99. The van der Waals surface area contributed by atoms with E-state index in [1.165, 1.54) is 18.2 Å². The first-order chi connectivity index (χ1) is 19.4. The van der Waals surface area contributed by atoms with E-state index in [2.05, 4.69) is 10.3 Å². The summed E-state index contributed by atoms with van der Waals surface area (Å²) in [7, 11) is 3.12. The van der Waals surface area contributed by atoms with Crippen molar-refractivity contribution in [3.05, 3.63) is 83.9 Å². The highest BCUT2D eigenvalue weighted by Gasteiger charge is 2.27. The summed E-state index contributed by atoms with van der Waals surface area (Å²) in [6.45, 7) is 3.02. The molecule has 2 aromatic carbocycles. The molecule has 40 heavy (non-hydrogen) atoms. The molecule has 0 unspecified atom stereocenters. The Kier molecular flexibility index (Phi) is 7.59. The molecular formula is C30H28FN5O4. The molecule has 10 heteroatoms. The monoisotopic (exact) mass is 541 g/mol. The van der Waals surface area contributed by atoms with Crippen molar-refractivity contribution in [1.29, 1.82) is 0 Å². The van der Waals surface area contributed by atoms with Crippen molar-refractivity contribution in [3.8, 4) is 33.9 Å². The van der Waals surface area contributed by atoms with Crippen molar-refractivity contribution >= 4 is 23.7 Å². The fourth-order valence-electron chi connectivity index (χ4n) is 4.64. The maximum absolute atomic E-state index is 13.7. The van der Waals surface area contributed by atoms with E-state index < -0.39 is 0 Å². The number of anilines is 1. The summed E-state index contributed by atoms with van der Waals surface area (Å²) in [6, 6.07) is 15.0. The normalized spacial score (nSPS) is 12.8. The number of nitrogens with zero attached hydrogens (tertiary/aromatic N) is 4. The Morgan fingerprint density at radius 1 is 1.00 bits per heavy atom. The molecule has 0 saturated carbocycles. The minimum atomic E-state index is -0.374. The lowest BCUT2D eigenvalue weighted by Crippen LogP contribution is -2.37. The Morgan fingerprint density at radius 3 is 2.52 bits per heavy atom. The van der Waals surface area contributed by atoms with E-state index in [0.29, 0.717) is 48.2 Å². The molecule has 1 aliphatic rings. The number of aromatic nitrogens is 3.